The zero-order chi connectivity index (χ0) is 14.8. The van der Waals surface area contributed by atoms with Crippen LogP contribution in [-0.4, -0.2) is 20.2 Å². The van der Waals surface area contributed by atoms with Crippen molar-refractivity contribution in [1.29, 1.82) is 0 Å². The topological polar surface area (TPSA) is 77.6 Å². The number of hydrogen-bond donors (Lipinski definition) is 1. The van der Waals surface area contributed by atoms with E-state index < -0.39 is 0 Å². The van der Waals surface area contributed by atoms with Crippen molar-refractivity contribution in [3.8, 4) is 22.5 Å². The van der Waals surface area contributed by atoms with E-state index in [1.807, 2.05) is 19.1 Å². The Kier molecular flexibility index (Phi) is 3.27. The largest absolute Gasteiger partial charge is 0.366 e. The first-order chi connectivity index (χ1) is 10.1. The van der Waals surface area contributed by atoms with E-state index in [0.717, 1.165) is 16.8 Å². The molecule has 0 saturated carbocycles. The predicted molar refractivity (Wildman–Crippen MR) is 77.6 cm³/mol. The summed E-state index contributed by atoms with van der Waals surface area (Å²) in [4.78, 5) is 8.39. The lowest BCUT2D eigenvalue weighted by atomic mass is 10.0. The Morgan fingerprint density at radius 2 is 1.71 bits per heavy atom. The van der Waals surface area contributed by atoms with Gasteiger partial charge in [-0.15, -0.1) is 10.2 Å². The number of nitrogen functional groups attached to an aromatic ring is 1. The van der Waals surface area contributed by atoms with Crippen LogP contribution in [-0.2, 0) is 0 Å². The highest BCUT2D eigenvalue weighted by Gasteiger charge is 2.13. The van der Waals surface area contributed by atoms with Crippen molar-refractivity contribution >= 4 is 5.95 Å². The van der Waals surface area contributed by atoms with Crippen molar-refractivity contribution < 1.29 is 4.39 Å². The second-order valence-corrected chi connectivity index (χ2v) is 4.56. The lowest BCUT2D eigenvalue weighted by molar-refractivity contribution is 0.628. The first-order valence-electron chi connectivity index (χ1n) is 6.32. The van der Waals surface area contributed by atoms with Gasteiger partial charge in [-0.2, -0.15) is 0 Å². The number of halogens is 1. The molecule has 3 rings (SSSR count). The van der Waals surface area contributed by atoms with Gasteiger partial charge in [0.25, 0.3) is 0 Å². The average Bonchev–Trinajstić information content (AvgIpc) is 2.48. The predicted octanol–water partition coefficient (Wildman–Crippen LogP) is 2.63. The molecule has 0 unspecified atom stereocenters. The van der Waals surface area contributed by atoms with Gasteiger partial charge in [0.2, 0.25) is 5.95 Å². The third kappa shape index (κ3) is 2.69. The van der Waals surface area contributed by atoms with Gasteiger partial charge in [0.05, 0.1) is 0 Å². The molecule has 0 aliphatic carbocycles. The Hall–Kier alpha value is -2.89. The summed E-state index contributed by atoms with van der Waals surface area (Å²) in [5.74, 6) is -0.237. The fourth-order valence-corrected chi connectivity index (χ4v) is 2.03. The summed E-state index contributed by atoms with van der Waals surface area (Å²) in [6.45, 7) is 1.89. The molecule has 0 fully saturated rings. The number of anilines is 1. The standard InChI is InChI=1S/C15H12FN5/c1-9-8-11(6-7-18-9)14-13(19-15(17)21-20-14)10-2-4-12(16)5-3-10/h2-8H,1H3,(H2,17,19,21). The van der Waals surface area contributed by atoms with Crippen LogP contribution in [0.1, 0.15) is 5.69 Å². The number of hydrogen-bond acceptors (Lipinski definition) is 5. The van der Waals surface area contributed by atoms with Crippen LogP contribution in [0.25, 0.3) is 22.5 Å². The van der Waals surface area contributed by atoms with E-state index >= 15 is 0 Å². The molecule has 5 nitrogen and oxygen atoms in total. The van der Waals surface area contributed by atoms with E-state index in [1.165, 1.54) is 12.1 Å². The Morgan fingerprint density at radius 3 is 2.43 bits per heavy atom. The zero-order valence-electron chi connectivity index (χ0n) is 11.3. The van der Waals surface area contributed by atoms with Gasteiger partial charge in [-0.05, 0) is 43.3 Å². The molecule has 0 saturated heterocycles. The Morgan fingerprint density at radius 1 is 0.952 bits per heavy atom. The van der Waals surface area contributed by atoms with Gasteiger partial charge in [-0.1, -0.05) is 0 Å². The lowest BCUT2D eigenvalue weighted by Gasteiger charge is -2.08. The molecule has 0 spiro atoms. The quantitative estimate of drug-likeness (QED) is 0.781. The van der Waals surface area contributed by atoms with Gasteiger partial charge >= 0.3 is 0 Å². The molecule has 0 amide bonds. The van der Waals surface area contributed by atoms with Crippen LogP contribution in [0.4, 0.5) is 10.3 Å². The molecule has 2 heterocycles. The second-order valence-electron chi connectivity index (χ2n) is 4.56. The summed E-state index contributed by atoms with van der Waals surface area (Å²) >= 11 is 0. The number of pyridine rings is 1. The van der Waals surface area contributed by atoms with Crippen LogP contribution in [0.3, 0.4) is 0 Å². The van der Waals surface area contributed by atoms with Crippen LogP contribution in [0.5, 0.6) is 0 Å². The molecule has 1 aromatic carbocycles. The van der Waals surface area contributed by atoms with E-state index in [4.69, 9.17) is 5.73 Å². The normalized spacial score (nSPS) is 10.6. The Balaban J connectivity index is 2.20. The molecule has 0 aliphatic heterocycles. The smallest absolute Gasteiger partial charge is 0.240 e. The Labute approximate surface area is 120 Å². The number of benzene rings is 1. The van der Waals surface area contributed by atoms with Crippen molar-refractivity contribution in [2.75, 3.05) is 5.73 Å². The number of nitrogens with two attached hydrogens (primary N) is 1. The van der Waals surface area contributed by atoms with Gasteiger partial charge in [-0.3, -0.25) is 4.98 Å². The minimum Gasteiger partial charge on any atom is -0.366 e. The molecule has 2 N–H and O–H groups in total. The summed E-state index contributed by atoms with van der Waals surface area (Å²) in [6, 6.07) is 9.72. The maximum absolute atomic E-state index is 13.1. The SMILES string of the molecule is Cc1cc(-c2nnc(N)nc2-c2ccc(F)cc2)ccn1. The van der Waals surface area contributed by atoms with E-state index in [2.05, 4.69) is 20.2 Å². The molecule has 0 radical (unpaired) electrons. The summed E-state index contributed by atoms with van der Waals surface area (Å²) in [5, 5.41) is 7.94. The summed E-state index contributed by atoms with van der Waals surface area (Å²) in [6.07, 6.45) is 1.69. The van der Waals surface area contributed by atoms with Crippen molar-refractivity contribution in [3.63, 3.8) is 0 Å². The van der Waals surface area contributed by atoms with Gasteiger partial charge in [0.1, 0.15) is 17.2 Å². The van der Waals surface area contributed by atoms with Gasteiger partial charge in [0, 0.05) is 23.0 Å². The highest BCUT2D eigenvalue weighted by Crippen LogP contribution is 2.28. The Bertz CT molecular complexity index is 786. The van der Waals surface area contributed by atoms with Gasteiger partial charge in [-0.25, -0.2) is 9.37 Å². The third-order valence-electron chi connectivity index (χ3n) is 2.99. The number of rotatable bonds is 2. The van der Waals surface area contributed by atoms with E-state index in [1.54, 1.807) is 18.3 Å². The van der Waals surface area contributed by atoms with Crippen LogP contribution in [0.2, 0.25) is 0 Å². The monoisotopic (exact) mass is 281 g/mol. The molecule has 6 heteroatoms. The van der Waals surface area contributed by atoms with E-state index in [0.29, 0.717) is 11.4 Å². The fourth-order valence-electron chi connectivity index (χ4n) is 2.03. The molecule has 0 bridgehead atoms. The first kappa shape index (κ1) is 13.1. The molecule has 3 aromatic rings. The van der Waals surface area contributed by atoms with Crippen molar-refractivity contribution in [1.82, 2.24) is 20.2 Å². The fraction of sp³-hybridized carbons (Fsp3) is 0.0667. The summed E-state index contributed by atoms with van der Waals surface area (Å²) in [5.41, 5.74) is 9.20. The van der Waals surface area contributed by atoms with Crippen LogP contribution >= 0.6 is 0 Å². The maximum Gasteiger partial charge on any atom is 0.240 e. The van der Waals surface area contributed by atoms with Gasteiger partial charge < -0.3 is 5.73 Å². The van der Waals surface area contributed by atoms with Crippen molar-refractivity contribution in [2.45, 2.75) is 6.92 Å². The number of aromatic nitrogens is 4. The minimum atomic E-state index is -0.310. The first-order valence-corrected chi connectivity index (χ1v) is 6.32. The van der Waals surface area contributed by atoms with Crippen molar-refractivity contribution in [2.24, 2.45) is 0 Å². The molecule has 0 atom stereocenters. The van der Waals surface area contributed by atoms with E-state index in [-0.39, 0.29) is 11.8 Å². The summed E-state index contributed by atoms with van der Waals surface area (Å²) in [7, 11) is 0. The van der Waals surface area contributed by atoms with Crippen molar-refractivity contribution in [3.05, 3.63) is 54.1 Å². The molecular weight excluding hydrogens is 269 g/mol. The van der Waals surface area contributed by atoms with Gasteiger partial charge in [0.15, 0.2) is 0 Å². The minimum absolute atomic E-state index is 0.0730. The highest BCUT2D eigenvalue weighted by atomic mass is 19.1. The highest BCUT2D eigenvalue weighted by molar-refractivity contribution is 5.77. The molecule has 2 aromatic heterocycles. The van der Waals surface area contributed by atoms with Crippen LogP contribution < -0.4 is 5.73 Å². The van der Waals surface area contributed by atoms with E-state index in [9.17, 15) is 4.39 Å². The maximum atomic E-state index is 13.1. The average molecular weight is 281 g/mol. The number of aryl methyl sites for hydroxylation is 1. The molecule has 104 valence electrons. The molecule has 0 aliphatic rings. The second kappa shape index (κ2) is 5.24. The van der Waals surface area contributed by atoms with Crippen LogP contribution in [0.15, 0.2) is 42.6 Å². The molecular formula is C15H12FN5. The third-order valence-corrected chi connectivity index (χ3v) is 2.99. The molecule has 21 heavy (non-hydrogen) atoms. The zero-order valence-corrected chi connectivity index (χ0v) is 11.3. The summed E-state index contributed by atoms with van der Waals surface area (Å²) < 4.78 is 13.1. The number of nitrogens with zero attached hydrogens (tertiary/aromatic N) is 4. The van der Waals surface area contributed by atoms with Crippen LogP contribution in [0, 0.1) is 12.7 Å². The lowest BCUT2D eigenvalue weighted by Crippen LogP contribution is -2.02.